The van der Waals surface area contributed by atoms with Gasteiger partial charge in [-0.05, 0) is 55.2 Å². The van der Waals surface area contributed by atoms with Crippen LogP contribution < -0.4 is 4.74 Å². The Balaban J connectivity index is 2.23. The Kier molecular flexibility index (Phi) is 6.68. The minimum Gasteiger partial charge on any atom is -0.508 e. The molecule has 6 nitrogen and oxygen atoms in total. The Labute approximate surface area is 182 Å². The van der Waals surface area contributed by atoms with Gasteiger partial charge in [0, 0.05) is 6.54 Å². The molecular formula is C25H29NO5. The van der Waals surface area contributed by atoms with Crippen LogP contribution in [0.2, 0.25) is 0 Å². The highest BCUT2D eigenvalue weighted by Crippen LogP contribution is 2.42. The van der Waals surface area contributed by atoms with Crippen molar-refractivity contribution in [1.82, 2.24) is 4.90 Å². The molecule has 2 aromatic rings. The average molecular weight is 424 g/mol. The number of benzene rings is 2. The summed E-state index contributed by atoms with van der Waals surface area (Å²) in [6, 6.07) is 9.34. The molecule has 1 heterocycles. The van der Waals surface area contributed by atoms with E-state index in [2.05, 4.69) is 6.92 Å². The zero-order valence-corrected chi connectivity index (χ0v) is 18.4. The second-order valence-corrected chi connectivity index (χ2v) is 7.96. The number of ketones is 1. The Morgan fingerprint density at radius 1 is 1.13 bits per heavy atom. The average Bonchev–Trinajstić information content (AvgIpc) is 2.98. The first-order chi connectivity index (χ1) is 14.8. The highest BCUT2D eigenvalue weighted by Gasteiger charge is 2.46. The van der Waals surface area contributed by atoms with Gasteiger partial charge in [0.15, 0.2) is 0 Å². The second-order valence-electron chi connectivity index (χ2n) is 7.96. The topological polar surface area (TPSA) is 87.1 Å². The van der Waals surface area contributed by atoms with E-state index in [0.29, 0.717) is 23.4 Å². The number of aliphatic hydroxyl groups is 1. The van der Waals surface area contributed by atoms with Crippen molar-refractivity contribution in [3.8, 4) is 11.5 Å². The summed E-state index contributed by atoms with van der Waals surface area (Å²) in [6.07, 6.45) is 2.63. The molecule has 31 heavy (non-hydrogen) atoms. The summed E-state index contributed by atoms with van der Waals surface area (Å²) in [5.74, 6) is -1.17. The highest BCUT2D eigenvalue weighted by molar-refractivity contribution is 6.46. The molecule has 0 spiro atoms. The predicted molar refractivity (Wildman–Crippen MR) is 119 cm³/mol. The number of nitrogens with zero attached hydrogens (tertiary/aromatic N) is 1. The molecule has 0 bridgehead atoms. The van der Waals surface area contributed by atoms with Crippen molar-refractivity contribution in [3.63, 3.8) is 0 Å². The molecule has 1 amide bonds. The fourth-order valence-electron chi connectivity index (χ4n) is 4.23. The van der Waals surface area contributed by atoms with E-state index in [1.807, 2.05) is 19.9 Å². The first-order valence-corrected chi connectivity index (χ1v) is 10.5. The van der Waals surface area contributed by atoms with Crippen LogP contribution in [0.15, 0.2) is 42.0 Å². The highest BCUT2D eigenvalue weighted by atomic mass is 16.5. The summed E-state index contributed by atoms with van der Waals surface area (Å²) in [6.45, 7) is 6.20. The molecule has 3 rings (SSSR count). The number of hydrogen-bond donors (Lipinski definition) is 2. The third-order valence-electron chi connectivity index (χ3n) is 5.61. The molecule has 6 heteroatoms. The zero-order chi connectivity index (χ0) is 22.7. The molecule has 1 saturated heterocycles. The van der Waals surface area contributed by atoms with Crippen molar-refractivity contribution in [2.24, 2.45) is 0 Å². The summed E-state index contributed by atoms with van der Waals surface area (Å²) >= 11 is 0. The van der Waals surface area contributed by atoms with Crippen molar-refractivity contribution in [1.29, 1.82) is 0 Å². The third-order valence-corrected chi connectivity index (χ3v) is 5.61. The van der Waals surface area contributed by atoms with Crippen molar-refractivity contribution in [2.45, 2.75) is 46.1 Å². The van der Waals surface area contributed by atoms with Crippen LogP contribution in [0.3, 0.4) is 0 Å². The Morgan fingerprint density at radius 2 is 1.87 bits per heavy atom. The van der Waals surface area contributed by atoms with Crippen LogP contribution >= 0.6 is 0 Å². The lowest BCUT2D eigenvalue weighted by molar-refractivity contribution is -0.139. The Hall–Kier alpha value is -3.28. The summed E-state index contributed by atoms with van der Waals surface area (Å²) in [5.41, 5.74) is 2.66. The molecule has 2 N–H and O–H groups in total. The van der Waals surface area contributed by atoms with Gasteiger partial charge in [-0.2, -0.15) is 0 Å². The normalized spacial score (nSPS) is 17.9. The van der Waals surface area contributed by atoms with Gasteiger partial charge in [0.05, 0.1) is 24.3 Å². The number of unbranched alkanes of at least 4 members (excludes halogenated alkanes) is 2. The lowest BCUT2D eigenvalue weighted by Crippen LogP contribution is -2.30. The smallest absolute Gasteiger partial charge is 0.295 e. The van der Waals surface area contributed by atoms with Gasteiger partial charge < -0.3 is 19.8 Å². The maximum absolute atomic E-state index is 13.1. The van der Waals surface area contributed by atoms with Crippen LogP contribution in [0.4, 0.5) is 0 Å². The van der Waals surface area contributed by atoms with Gasteiger partial charge in [0.1, 0.15) is 17.3 Å². The van der Waals surface area contributed by atoms with Crippen LogP contribution in [0, 0.1) is 13.8 Å². The minimum atomic E-state index is -0.783. The van der Waals surface area contributed by atoms with Gasteiger partial charge in [-0.1, -0.05) is 38.0 Å². The van der Waals surface area contributed by atoms with Crippen molar-refractivity contribution >= 4 is 17.4 Å². The maximum Gasteiger partial charge on any atom is 0.295 e. The molecular weight excluding hydrogens is 394 g/mol. The molecule has 1 fully saturated rings. The number of phenolic OH excluding ortho intramolecular Hbond substituents is 1. The van der Waals surface area contributed by atoms with Gasteiger partial charge in [-0.25, -0.2) is 0 Å². The van der Waals surface area contributed by atoms with E-state index in [1.165, 1.54) is 24.1 Å². The van der Waals surface area contributed by atoms with Gasteiger partial charge in [-0.3, -0.25) is 9.59 Å². The lowest BCUT2D eigenvalue weighted by Gasteiger charge is -2.25. The number of amides is 1. The molecule has 1 atom stereocenters. The second kappa shape index (κ2) is 9.25. The van der Waals surface area contributed by atoms with Crippen molar-refractivity contribution < 1.29 is 24.5 Å². The van der Waals surface area contributed by atoms with Crippen LogP contribution in [-0.4, -0.2) is 40.5 Å². The fourth-order valence-corrected chi connectivity index (χ4v) is 4.23. The summed E-state index contributed by atoms with van der Waals surface area (Å²) in [4.78, 5) is 27.5. The largest absolute Gasteiger partial charge is 0.508 e. The maximum atomic E-state index is 13.1. The molecule has 0 aliphatic carbocycles. The third kappa shape index (κ3) is 4.29. The molecule has 1 aliphatic rings. The first kappa shape index (κ1) is 22.4. The Bertz CT molecular complexity index is 1040. The number of likely N-dealkylation sites (tertiary alicyclic amines) is 1. The summed E-state index contributed by atoms with van der Waals surface area (Å²) < 4.78 is 5.50. The van der Waals surface area contributed by atoms with Crippen LogP contribution in [0.1, 0.15) is 54.5 Å². The van der Waals surface area contributed by atoms with E-state index in [4.69, 9.17) is 4.74 Å². The number of phenols is 1. The van der Waals surface area contributed by atoms with Crippen molar-refractivity contribution in [3.05, 3.63) is 64.2 Å². The van der Waals surface area contributed by atoms with Gasteiger partial charge in [0.2, 0.25) is 0 Å². The van der Waals surface area contributed by atoms with Crippen LogP contribution in [-0.2, 0) is 9.59 Å². The predicted octanol–water partition coefficient (Wildman–Crippen LogP) is 4.63. The van der Waals surface area contributed by atoms with Gasteiger partial charge >= 0.3 is 0 Å². The van der Waals surface area contributed by atoms with Crippen LogP contribution in [0.5, 0.6) is 11.5 Å². The zero-order valence-electron chi connectivity index (χ0n) is 18.4. The fraction of sp³-hybridized carbons (Fsp3) is 0.360. The summed E-state index contributed by atoms with van der Waals surface area (Å²) in [5, 5.41) is 21.3. The van der Waals surface area contributed by atoms with Crippen molar-refractivity contribution in [2.75, 3.05) is 13.7 Å². The number of ether oxygens (including phenoxy) is 1. The number of aliphatic hydroxyl groups excluding tert-OH is 1. The number of methoxy groups -OCH3 is 1. The molecule has 164 valence electrons. The SMILES string of the molecule is CCCCCN1C(=O)C(=O)/C(=C(/O)c2cc(C)cc(C)c2OC)C1c1cccc(O)c1. The van der Waals surface area contributed by atoms with E-state index < -0.39 is 17.7 Å². The number of Topliss-reactive ketones (excluding diaryl/α,β-unsaturated/α-hetero) is 1. The monoisotopic (exact) mass is 423 g/mol. The van der Waals surface area contributed by atoms with Crippen LogP contribution in [0.25, 0.3) is 5.76 Å². The number of hydrogen-bond acceptors (Lipinski definition) is 5. The molecule has 1 unspecified atom stereocenters. The summed E-state index contributed by atoms with van der Waals surface area (Å²) in [7, 11) is 1.50. The molecule has 1 aliphatic heterocycles. The van der Waals surface area contributed by atoms with E-state index in [0.717, 1.165) is 30.4 Å². The van der Waals surface area contributed by atoms with E-state index in [1.54, 1.807) is 18.2 Å². The standard InChI is InChI=1S/C25H29NO5/c1-5-6-7-11-26-21(17-9-8-10-18(27)14-17)20(23(29)25(26)30)22(28)19-13-15(2)12-16(3)24(19)31-4/h8-10,12-14,21,27-28H,5-7,11H2,1-4H3/b22-20+. The van der Waals surface area contributed by atoms with Gasteiger partial charge in [0.25, 0.3) is 11.7 Å². The van der Waals surface area contributed by atoms with E-state index >= 15 is 0 Å². The molecule has 2 aromatic carbocycles. The number of carbonyl (C=O) groups is 2. The minimum absolute atomic E-state index is 0.00963. The number of aromatic hydroxyl groups is 1. The Morgan fingerprint density at radius 3 is 2.52 bits per heavy atom. The molecule has 0 aromatic heterocycles. The molecule has 0 saturated carbocycles. The number of rotatable bonds is 7. The van der Waals surface area contributed by atoms with Gasteiger partial charge in [-0.15, -0.1) is 0 Å². The molecule has 0 radical (unpaired) electrons. The van der Waals surface area contributed by atoms with E-state index in [9.17, 15) is 19.8 Å². The van der Waals surface area contributed by atoms with E-state index in [-0.39, 0.29) is 17.1 Å². The quantitative estimate of drug-likeness (QED) is 0.293. The first-order valence-electron chi connectivity index (χ1n) is 10.5. The number of aryl methyl sites for hydroxylation is 2. The lowest BCUT2D eigenvalue weighted by atomic mass is 9.93. The number of carbonyl (C=O) groups excluding carboxylic acids is 2.